The molecule has 1 aromatic heterocycles. The molecule has 2 aromatic carbocycles. The fraction of sp³-hybridized carbons (Fsp3) is 0.211. The van der Waals surface area contributed by atoms with Crippen molar-refractivity contribution in [1.82, 2.24) is 10.2 Å². The first-order valence-corrected chi connectivity index (χ1v) is 9.74. The van der Waals surface area contributed by atoms with Crippen molar-refractivity contribution in [1.29, 1.82) is 0 Å². The number of hydrogen-bond acceptors (Lipinski definition) is 5. The van der Waals surface area contributed by atoms with Crippen LogP contribution in [-0.4, -0.2) is 21.4 Å². The van der Waals surface area contributed by atoms with Crippen LogP contribution in [0, 0.1) is 13.8 Å². The molecular weight excluding hydrogens is 414 g/mol. The first-order valence-electron chi connectivity index (χ1n) is 8.06. The molecule has 0 aliphatic carbocycles. The number of nitrogens with one attached hydrogen (secondary N) is 1. The van der Waals surface area contributed by atoms with E-state index in [1.54, 1.807) is 6.92 Å². The third-order valence-corrected chi connectivity index (χ3v) is 5.32. The van der Waals surface area contributed by atoms with E-state index in [2.05, 4.69) is 31.4 Å². The number of carbonyl (C=O) groups is 1. The summed E-state index contributed by atoms with van der Waals surface area (Å²) >= 11 is 4.69. The smallest absolute Gasteiger partial charge is 0.277 e. The van der Waals surface area contributed by atoms with E-state index >= 15 is 0 Å². The average molecular weight is 432 g/mol. The minimum Gasteiger partial charge on any atom is -0.411 e. The zero-order valence-corrected chi connectivity index (χ0v) is 17.0. The summed E-state index contributed by atoms with van der Waals surface area (Å²) < 4.78 is 6.52. The van der Waals surface area contributed by atoms with Gasteiger partial charge in [-0.1, -0.05) is 35.5 Å². The lowest BCUT2D eigenvalue weighted by Gasteiger charge is -2.11. The molecule has 3 aromatic rings. The van der Waals surface area contributed by atoms with Crippen molar-refractivity contribution in [3.8, 4) is 11.5 Å². The number of carbonyl (C=O) groups excluding carboxylic acids is 1. The molecule has 1 unspecified atom stereocenters. The van der Waals surface area contributed by atoms with Crippen molar-refractivity contribution >= 4 is 39.3 Å². The molecule has 1 amide bonds. The molecule has 0 radical (unpaired) electrons. The Labute approximate surface area is 164 Å². The van der Waals surface area contributed by atoms with Crippen LogP contribution in [0.25, 0.3) is 11.5 Å². The minimum absolute atomic E-state index is 0.130. The maximum absolute atomic E-state index is 12.4. The van der Waals surface area contributed by atoms with E-state index in [1.165, 1.54) is 11.8 Å². The highest BCUT2D eigenvalue weighted by Gasteiger charge is 2.19. The highest BCUT2D eigenvalue weighted by Crippen LogP contribution is 2.28. The Kier molecular flexibility index (Phi) is 5.78. The van der Waals surface area contributed by atoms with Gasteiger partial charge in [0.25, 0.3) is 5.22 Å². The lowest BCUT2D eigenvalue weighted by molar-refractivity contribution is -0.115. The molecule has 26 heavy (non-hydrogen) atoms. The molecule has 7 heteroatoms. The molecule has 0 saturated carbocycles. The number of anilines is 1. The molecule has 1 heterocycles. The zero-order valence-electron chi connectivity index (χ0n) is 14.6. The molecule has 0 aliphatic heterocycles. The lowest BCUT2D eigenvalue weighted by atomic mass is 10.1. The van der Waals surface area contributed by atoms with Crippen LogP contribution in [0.5, 0.6) is 0 Å². The van der Waals surface area contributed by atoms with Crippen LogP contribution in [0.2, 0.25) is 0 Å². The van der Waals surface area contributed by atoms with E-state index in [9.17, 15) is 4.79 Å². The fourth-order valence-electron chi connectivity index (χ4n) is 2.23. The second-order valence-corrected chi connectivity index (χ2v) is 8.12. The van der Waals surface area contributed by atoms with Gasteiger partial charge in [0.15, 0.2) is 0 Å². The highest BCUT2D eigenvalue weighted by atomic mass is 79.9. The van der Waals surface area contributed by atoms with Crippen LogP contribution in [0.1, 0.15) is 18.1 Å². The number of aryl methyl sites for hydroxylation is 2. The summed E-state index contributed by atoms with van der Waals surface area (Å²) in [5, 5.41) is 11.0. The number of hydrogen-bond donors (Lipinski definition) is 1. The first-order chi connectivity index (χ1) is 12.4. The predicted octanol–water partition coefficient (Wildman–Crippen LogP) is 5.24. The van der Waals surface area contributed by atoms with Gasteiger partial charge in [0.05, 0.1) is 10.9 Å². The van der Waals surface area contributed by atoms with E-state index in [4.69, 9.17) is 4.42 Å². The van der Waals surface area contributed by atoms with Crippen LogP contribution in [0.4, 0.5) is 5.69 Å². The molecule has 1 N–H and O–H groups in total. The molecule has 0 bridgehead atoms. The van der Waals surface area contributed by atoms with Crippen molar-refractivity contribution in [2.75, 3.05) is 5.32 Å². The minimum atomic E-state index is -0.380. The first kappa shape index (κ1) is 18.7. The van der Waals surface area contributed by atoms with Gasteiger partial charge in [-0.25, -0.2) is 0 Å². The largest absolute Gasteiger partial charge is 0.411 e. The molecule has 3 rings (SSSR count). The van der Waals surface area contributed by atoms with Gasteiger partial charge in [0, 0.05) is 10.0 Å². The van der Waals surface area contributed by atoms with Crippen molar-refractivity contribution in [3.63, 3.8) is 0 Å². The second kappa shape index (κ2) is 8.05. The SMILES string of the molecule is Cc1ccc(-c2nnc(SC(C)C(=O)Nc3ccc(C)cc3Br)o2)cc1. The van der Waals surface area contributed by atoms with Crippen LogP contribution in [-0.2, 0) is 4.79 Å². The Balaban J connectivity index is 1.65. The van der Waals surface area contributed by atoms with Gasteiger partial charge in [0.1, 0.15) is 0 Å². The number of amides is 1. The number of halogens is 1. The van der Waals surface area contributed by atoms with Crippen molar-refractivity contribution < 1.29 is 9.21 Å². The van der Waals surface area contributed by atoms with Gasteiger partial charge in [-0.3, -0.25) is 4.79 Å². The molecular formula is C19H18BrN3O2S. The van der Waals surface area contributed by atoms with E-state index in [0.29, 0.717) is 11.1 Å². The van der Waals surface area contributed by atoms with Crippen LogP contribution in [0.15, 0.2) is 56.6 Å². The Morgan fingerprint density at radius 2 is 1.81 bits per heavy atom. The lowest BCUT2D eigenvalue weighted by Crippen LogP contribution is -2.22. The van der Waals surface area contributed by atoms with E-state index < -0.39 is 0 Å². The van der Waals surface area contributed by atoms with Gasteiger partial charge in [-0.15, -0.1) is 10.2 Å². The maximum Gasteiger partial charge on any atom is 0.277 e. The zero-order chi connectivity index (χ0) is 18.7. The van der Waals surface area contributed by atoms with Crippen molar-refractivity contribution in [2.24, 2.45) is 0 Å². The Morgan fingerprint density at radius 3 is 2.50 bits per heavy atom. The topological polar surface area (TPSA) is 68.0 Å². The molecule has 0 fully saturated rings. The summed E-state index contributed by atoms with van der Waals surface area (Å²) in [6.07, 6.45) is 0. The standard InChI is InChI=1S/C19H18BrN3O2S/c1-11-4-7-14(8-5-11)18-22-23-19(25-18)26-13(3)17(24)21-16-9-6-12(2)10-15(16)20/h4-10,13H,1-3H3,(H,21,24). The predicted molar refractivity (Wildman–Crippen MR) is 107 cm³/mol. The van der Waals surface area contributed by atoms with Crippen LogP contribution in [0.3, 0.4) is 0 Å². The number of benzene rings is 2. The quantitative estimate of drug-likeness (QED) is 0.559. The summed E-state index contributed by atoms with van der Waals surface area (Å²) in [6, 6.07) is 13.6. The van der Waals surface area contributed by atoms with E-state index in [1.807, 2.05) is 56.3 Å². The third kappa shape index (κ3) is 4.53. The number of nitrogens with zero attached hydrogens (tertiary/aromatic N) is 2. The van der Waals surface area contributed by atoms with Crippen LogP contribution >= 0.6 is 27.7 Å². The van der Waals surface area contributed by atoms with Crippen molar-refractivity contribution in [3.05, 3.63) is 58.1 Å². The third-order valence-electron chi connectivity index (χ3n) is 3.73. The monoisotopic (exact) mass is 431 g/mol. The fourth-order valence-corrected chi connectivity index (χ4v) is 3.51. The normalized spacial score (nSPS) is 12.0. The highest BCUT2D eigenvalue weighted by molar-refractivity contribution is 9.10. The molecule has 134 valence electrons. The summed E-state index contributed by atoms with van der Waals surface area (Å²) in [6.45, 7) is 5.82. The van der Waals surface area contributed by atoms with Gasteiger partial charge in [-0.05, 0) is 66.5 Å². The van der Waals surface area contributed by atoms with Crippen molar-refractivity contribution in [2.45, 2.75) is 31.2 Å². The number of rotatable bonds is 5. The van der Waals surface area contributed by atoms with Crippen LogP contribution < -0.4 is 5.32 Å². The van der Waals surface area contributed by atoms with Gasteiger partial charge >= 0.3 is 0 Å². The van der Waals surface area contributed by atoms with E-state index in [0.717, 1.165) is 26.9 Å². The van der Waals surface area contributed by atoms with E-state index in [-0.39, 0.29) is 11.2 Å². The second-order valence-electron chi connectivity index (χ2n) is 5.97. The summed E-state index contributed by atoms with van der Waals surface area (Å²) in [5.74, 6) is 0.316. The molecule has 0 spiro atoms. The van der Waals surface area contributed by atoms with Gasteiger partial charge in [0.2, 0.25) is 11.8 Å². The molecule has 1 atom stereocenters. The average Bonchev–Trinajstić information content (AvgIpc) is 3.06. The molecule has 0 aliphatic rings. The molecule has 5 nitrogen and oxygen atoms in total. The summed E-state index contributed by atoms with van der Waals surface area (Å²) in [5.41, 5.74) is 3.87. The Morgan fingerprint density at radius 1 is 1.12 bits per heavy atom. The maximum atomic E-state index is 12.4. The number of thioether (sulfide) groups is 1. The summed E-state index contributed by atoms with van der Waals surface area (Å²) in [4.78, 5) is 12.4. The Bertz CT molecular complexity index is 925. The Hall–Kier alpha value is -2.12. The van der Waals surface area contributed by atoms with Gasteiger partial charge < -0.3 is 9.73 Å². The summed E-state index contributed by atoms with van der Waals surface area (Å²) in [7, 11) is 0. The van der Waals surface area contributed by atoms with Gasteiger partial charge in [-0.2, -0.15) is 0 Å². The number of aromatic nitrogens is 2. The molecule has 0 saturated heterocycles.